The molecular formula is C52H98N2O9Si3. The van der Waals surface area contributed by atoms with Crippen LogP contribution >= 0.6 is 0 Å². The van der Waals surface area contributed by atoms with E-state index in [9.17, 15) is 14.7 Å². The molecule has 14 heteroatoms. The monoisotopic (exact) mass is 979 g/mol. The molecule has 382 valence electrons. The third-order valence-corrected chi connectivity index (χ3v) is 30.9. The van der Waals surface area contributed by atoms with Gasteiger partial charge in [-0.15, -0.1) is 0 Å². The maximum Gasteiger partial charge on any atom is 0.410 e. The van der Waals surface area contributed by atoms with Crippen molar-refractivity contribution in [2.45, 2.75) is 245 Å². The third kappa shape index (κ3) is 15.2. The van der Waals surface area contributed by atoms with Crippen molar-refractivity contribution in [3.63, 3.8) is 0 Å². The predicted octanol–water partition coefficient (Wildman–Crippen LogP) is 12.2. The zero-order valence-corrected chi connectivity index (χ0v) is 47.9. The number of esters is 1. The summed E-state index contributed by atoms with van der Waals surface area (Å²) < 4.78 is 40.5. The fourth-order valence-corrected chi connectivity index (χ4v) is 19.3. The number of rotatable bonds is 24. The number of hydrogen-bond donors (Lipinski definition) is 1. The second kappa shape index (κ2) is 26.5. The van der Waals surface area contributed by atoms with Gasteiger partial charge >= 0.3 is 12.1 Å². The first-order valence-corrected chi connectivity index (χ1v) is 34.1. The highest BCUT2D eigenvalue weighted by atomic mass is 28.4. The molecule has 0 aromatic carbocycles. The van der Waals surface area contributed by atoms with E-state index in [2.05, 4.69) is 94.2 Å². The molecule has 0 saturated carbocycles. The van der Waals surface area contributed by atoms with E-state index < -0.39 is 54.5 Å². The van der Waals surface area contributed by atoms with Crippen LogP contribution in [0.1, 0.15) is 142 Å². The van der Waals surface area contributed by atoms with Crippen LogP contribution in [0, 0.1) is 5.92 Å². The van der Waals surface area contributed by atoms with Crippen molar-refractivity contribution in [1.29, 1.82) is 0 Å². The van der Waals surface area contributed by atoms with E-state index in [1.807, 2.05) is 45.9 Å². The summed E-state index contributed by atoms with van der Waals surface area (Å²) in [5.74, 6) is -0.156. The number of piperazine rings is 1. The average Bonchev–Trinajstić information content (AvgIpc) is 4.14. The molecule has 3 rings (SSSR count). The molecular weight excluding hydrogens is 881 g/mol. The Morgan fingerprint density at radius 2 is 1.42 bits per heavy atom. The molecule has 3 aliphatic rings. The fourth-order valence-electron chi connectivity index (χ4n) is 10.3. The van der Waals surface area contributed by atoms with Gasteiger partial charge in [0.2, 0.25) is 0 Å². The topological polar surface area (TPSA) is 120 Å². The second-order valence-electron chi connectivity index (χ2n) is 20.5. The van der Waals surface area contributed by atoms with E-state index in [-0.39, 0.29) is 42.7 Å². The van der Waals surface area contributed by atoms with E-state index in [1.165, 1.54) is 0 Å². The van der Waals surface area contributed by atoms with Crippen molar-refractivity contribution in [3.8, 4) is 0 Å². The van der Waals surface area contributed by atoms with Crippen molar-refractivity contribution >= 4 is 37.0 Å². The van der Waals surface area contributed by atoms with Gasteiger partial charge in [0.1, 0.15) is 29.5 Å². The molecule has 0 bridgehead atoms. The largest absolute Gasteiger partial charge is 0.457 e. The van der Waals surface area contributed by atoms with Gasteiger partial charge in [-0.05, 0) is 132 Å². The summed E-state index contributed by atoms with van der Waals surface area (Å²) in [5.41, 5.74) is -0.605. The molecule has 2 fully saturated rings. The van der Waals surface area contributed by atoms with Gasteiger partial charge in [-0.2, -0.15) is 0 Å². The van der Waals surface area contributed by atoms with E-state index in [0.29, 0.717) is 32.4 Å². The summed E-state index contributed by atoms with van der Waals surface area (Å²) in [6.07, 6.45) is 9.65. The van der Waals surface area contributed by atoms with Gasteiger partial charge in [0.05, 0.1) is 18.6 Å². The first kappa shape index (κ1) is 58.7. The molecule has 2 saturated heterocycles. The number of likely N-dealkylation sites (N-methyl/N-ethyl adjacent to an activating group) is 1. The lowest BCUT2D eigenvalue weighted by Crippen LogP contribution is -2.60. The molecule has 1 amide bonds. The summed E-state index contributed by atoms with van der Waals surface area (Å²) in [7, 11) is -4.10. The van der Waals surface area contributed by atoms with Crippen molar-refractivity contribution in [2.24, 2.45) is 5.92 Å². The molecule has 11 nitrogen and oxygen atoms in total. The molecule has 0 aromatic rings. The van der Waals surface area contributed by atoms with Crippen LogP contribution in [0.4, 0.5) is 4.79 Å². The summed E-state index contributed by atoms with van der Waals surface area (Å²) in [6.45, 7) is 35.5. The highest BCUT2D eigenvalue weighted by Gasteiger charge is 2.63. The van der Waals surface area contributed by atoms with Gasteiger partial charge in [0.15, 0.2) is 25.0 Å². The Morgan fingerprint density at radius 1 is 0.864 bits per heavy atom. The number of ether oxygens (including phenoxy) is 3. The number of carbonyl (C=O) groups is 2. The number of carbonyl (C=O) groups excluding carboxylic acids is 2. The first-order chi connectivity index (χ1) is 31.2. The lowest BCUT2D eigenvalue weighted by molar-refractivity contribution is -0.149. The molecule has 66 heavy (non-hydrogen) atoms. The van der Waals surface area contributed by atoms with Gasteiger partial charge in [-0.1, -0.05) is 94.4 Å². The highest BCUT2D eigenvalue weighted by molar-refractivity contribution is 6.74. The minimum atomic E-state index is -2.27. The summed E-state index contributed by atoms with van der Waals surface area (Å²) in [4.78, 5) is 31.4. The number of amides is 1. The Balaban J connectivity index is 2.02. The van der Waals surface area contributed by atoms with Gasteiger partial charge < -0.3 is 42.4 Å². The summed E-state index contributed by atoms with van der Waals surface area (Å²) >= 11 is 0. The van der Waals surface area contributed by atoms with Crippen LogP contribution in [0.3, 0.4) is 0 Å². The van der Waals surface area contributed by atoms with Crippen LogP contribution < -0.4 is 0 Å². The number of cyclic esters (lactones) is 1. The molecule has 3 aliphatic heterocycles. The molecule has 0 spiro atoms. The molecule has 3 heterocycles. The van der Waals surface area contributed by atoms with Crippen molar-refractivity contribution in [2.75, 3.05) is 33.2 Å². The quantitative estimate of drug-likeness (QED) is 0.0329. The smallest absolute Gasteiger partial charge is 0.410 e. The normalized spacial score (nSPS) is 26.8. The van der Waals surface area contributed by atoms with Gasteiger partial charge in [0.25, 0.3) is 0 Å². The van der Waals surface area contributed by atoms with Crippen LogP contribution in [-0.2, 0) is 32.3 Å². The lowest BCUT2D eigenvalue weighted by Gasteiger charge is -2.46. The van der Waals surface area contributed by atoms with Crippen LogP contribution in [0.5, 0.6) is 0 Å². The van der Waals surface area contributed by atoms with Crippen molar-refractivity contribution in [1.82, 2.24) is 9.80 Å². The van der Waals surface area contributed by atoms with Crippen LogP contribution in [0.25, 0.3) is 0 Å². The van der Waals surface area contributed by atoms with Gasteiger partial charge in [-0.3, -0.25) is 4.79 Å². The van der Waals surface area contributed by atoms with Gasteiger partial charge in [0, 0.05) is 44.6 Å². The van der Waals surface area contributed by atoms with E-state index in [4.69, 9.17) is 27.5 Å². The molecule has 0 unspecified atom stereocenters. The zero-order chi connectivity index (χ0) is 49.5. The Labute approximate surface area is 406 Å². The standard InChI is InChI=1S/C52H98N2O9Si3/c1-17-45(62-65(21-5,22-6)23-7)42(13)48-49(60-48)52(15,57)51(14,63-66(24-8,25-9)26-10)34-33-40(11)41(12)46-32-28-30-43(58-50(56)54-37-35-53(16)36-38-54)29-27-31-44(39-47(55)59-46)61-64(18-2,19-3)20-4/h28,30,33-34,42-46,48-49,57H,17-27,29,31-32,35-39H2,1-16H3/b30-28+,34-33+,41-40+/t42-,43-,44-,45+,46-,48+,49+,51-,52-/m1/s1. The van der Waals surface area contributed by atoms with E-state index >= 15 is 0 Å². The third-order valence-electron chi connectivity index (χ3n) is 16.8. The molecule has 0 radical (unpaired) electrons. The minimum Gasteiger partial charge on any atom is -0.457 e. The van der Waals surface area contributed by atoms with Crippen molar-refractivity contribution in [3.05, 3.63) is 35.5 Å². The number of allylic oxidation sites excluding steroid dienone is 2. The minimum absolute atomic E-state index is 0.0617. The second-order valence-corrected chi connectivity index (χ2v) is 34.6. The van der Waals surface area contributed by atoms with Crippen LogP contribution in [-0.4, -0.2) is 133 Å². The highest BCUT2D eigenvalue weighted by Crippen LogP contribution is 2.48. The number of aliphatic hydroxyl groups is 1. The Kier molecular flexibility index (Phi) is 23.6. The predicted molar refractivity (Wildman–Crippen MR) is 279 cm³/mol. The molecule has 1 N–H and O–H groups in total. The molecule has 0 aliphatic carbocycles. The SMILES string of the molecule is CC[C@H](O[Si](CC)(CC)CC)[C@@H](C)[C@@H]1O[C@@H]1[C@@](C)(O)[C@@](C)(/C=C/C(C)=C(\C)[C@H]1C/C=C/[C@H](OC(=O)N2CCN(C)CC2)CCC[C@@H](O[Si](CC)(CC)CC)CC(=O)O1)O[Si](CC)(CC)CC. The Hall–Kier alpha value is -1.63. The molecule has 0 aromatic heterocycles. The number of nitrogens with zero attached hydrogens (tertiary/aromatic N) is 2. The van der Waals surface area contributed by atoms with E-state index in [1.54, 1.807) is 4.90 Å². The number of hydrogen-bond acceptors (Lipinski definition) is 10. The number of epoxide rings is 1. The van der Waals surface area contributed by atoms with E-state index in [0.717, 1.165) is 91.5 Å². The average molecular weight is 980 g/mol. The lowest BCUT2D eigenvalue weighted by atomic mass is 9.79. The summed E-state index contributed by atoms with van der Waals surface area (Å²) in [6, 6.07) is 9.04. The van der Waals surface area contributed by atoms with Crippen LogP contribution in [0.15, 0.2) is 35.5 Å². The first-order valence-electron chi connectivity index (χ1n) is 26.5. The Bertz CT molecular complexity index is 1560. The summed E-state index contributed by atoms with van der Waals surface area (Å²) in [5, 5.41) is 12.9. The zero-order valence-electron chi connectivity index (χ0n) is 44.9. The molecule has 9 atom stereocenters. The van der Waals surface area contributed by atoms with Crippen molar-refractivity contribution < 1.29 is 42.2 Å². The Morgan fingerprint density at radius 3 is 1.95 bits per heavy atom. The van der Waals surface area contributed by atoms with Crippen LogP contribution in [0.2, 0.25) is 54.4 Å². The maximum absolute atomic E-state index is 14.0. The fraction of sp³-hybridized carbons (Fsp3) is 0.846. The maximum atomic E-state index is 14.0. The van der Waals surface area contributed by atoms with Gasteiger partial charge in [-0.25, -0.2) is 4.79 Å².